The number of hydrogen-bond acceptors (Lipinski definition) is 5. The highest BCUT2D eigenvalue weighted by Gasteiger charge is 2.15. The van der Waals surface area contributed by atoms with Gasteiger partial charge in [-0.15, -0.1) is 11.3 Å². The zero-order chi connectivity index (χ0) is 15.2. The van der Waals surface area contributed by atoms with Crippen LogP contribution in [0.3, 0.4) is 0 Å². The average molecular weight is 306 g/mol. The molecule has 0 aliphatic rings. The van der Waals surface area contributed by atoms with Gasteiger partial charge in [0.1, 0.15) is 10.6 Å². The van der Waals surface area contributed by atoms with Crippen molar-refractivity contribution >= 4 is 33.3 Å². The quantitative estimate of drug-likeness (QED) is 0.782. The molecule has 2 aromatic rings. The van der Waals surface area contributed by atoms with Crippen molar-refractivity contribution in [1.29, 1.82) is 0 Å². The number of aromatic nitrogens is 2. The van der Waals surface area contributed by atoms with Crippen LogP contribution in [0.4, 0.5) is 11.8 Å². The Kier molecular flexibility index (Phi) is 5.79. The molecule has 0 fully saturated rings. The highest BCUT2D eigenvalue weighted by Crippen LogP contribution is 2.32. The predicted octanol–water partition coefficient (Wildman–Crippen LogP) is 4.45. The third-order valence-electron chi connectivity index (χ3n) is 3.32. The summed E-state index contributed by atoms with van der Waals surface area (Å²) in [5, 5.41) is 4.53. The van der Waals surface area contributed by atoms with Crippen molar-refractivity contribution in [2.45, 2.75) is 47.0 Å². The number of fused-ring (bicyclic) bond motifs is 1. The molecule has 0 saturated heterocycles. The molecule has 2 heterocycles. The molecule has 0 aliphatic carbocycles. The zero-order valence-corrected chi connectivity index (χ0v) is 14.4. The second-order valence-corrected chi connectivity index (χ2v) is 6.60. The molecule has 4 nitrogen and oxygen atoms in total. The average Bonchev–Trinajstić information content (AvgIpc) is 2.84. The Morgan fingerprint density at radius 2 is 1.81 bits per heavy atom. The van der Waals surface area contributed by atoms with Gasteiger partial charge in [0.25, 0.3) is 0 Å². The first-order valence-corrected chi connectivity index (χ1v) is 8.78. The van der Waals surface area contributed by atoms with Gasteiger partial charge in [-0.25, -0.2) is 4.98 Å². The lowest BCUT2D eigenvalue weighted by molar-refractivity contribution is 0.736. The number of nitrogens with one attached hydrogen (secondary N) is 1. The normalized spacial score (nSPS) is 11.0. The molecule has 5 heteroatoms. The van der Waals surface area contributed by atoms with Crippen molar-refractivity contribution in [2.24, 2.45) is 0 Å². The minimum absolute atomic E-state index is 0.762. The first-order chi connectivity index (χ1) is 10.2. The molecule has 0 atom stereocenters. The Morgan fingerprint density at radius 3 is 2.43 bits per heavy atom. The van der Waals surface area contributed by atoms with Gasteiger partial charge in [0.05, 0.1) is 5.39 Å². The summed E-state index contributed by atoms with van der Waals surface area (Å²) >= 11 is 1.75. The standard InChI is InChI=1S/C16H26N4S/c1-5-8-17-16-18-14(20(9-6-2)10-7-3)13-11-12(4)21-15(13)19-16/h11H,5-10H2,1-4H3,(H,17,18,19). The monoisotopic (exact) mass is 306 g/mol. The molecular weight excluding hydrogens is 280 g/mol. The lowest BCUT2D eigenvalue weighted by Crippen LogP contribution is -2.26. The van der Waals surface area contributed by atoms with Gasteiger partial charge in [-0.1, -0.05) is 20.8 Å². The van der Waals surface area contributed by atoms with Crippen LogP contribution in [0.25, 0.3) is 10.2 Å². The van der Waals surface area contributed by atoms with Crippen LogP contribution in [-0.4, -0.2) is 29.6 Å². The first-order valence-electron chi connectivity index (χ1n) is 7.96. The number of thiophene rings is 1. The Bertz CT molecular complexity index is 573. The summed E-state index contributed by atoms with van der Waals surface area (Å²) in [6.07, 6.45) is 3.34. The topological polar surface area (TPSA) is 41.1 Å². The van der Waals surface area contributed by atoms with Crippen molar-refractivity contribution in [1.82, 2.24) is 9.97 Å². The summed E-state index contributed by atoms with van der Waals surface area (Å²) in [7, 11) is 0. The highest BCUT2D eigenvalue weighted by atomic mass is 32.1. The maximum Gasteiger partial charge on any atom is 0.226 e. The van der Waals surface area contributed by atoms with Gasteiger partial charge in [0.15, 0.2) is 0 Å². The number of rotatable bonds is 8. The molecule has 0 unspecified atom stereocenters. The minimum atomic E-state index is 0.762. The van der Waals surface area contributed by atoms with Crippen LogP contribution in [0.5, 0.6) is 0 Å². The smallest absolute Gasteiger partial charge is 0.226 e. The molecule has 21 heavy (non-hydrogen) atoms. The van der Waals surface area contributed by atoms with E-state index in [1.807, 2.05) is 0 Å². The van der Waals surface area contributed by atoms with E-state index in [2.05, 4.69) is 49.0 Å². The fourth-order valence-corrected chi connectivity index (χ4v) is 3.32. The van der Waals surface area contributed by atoms with Gasteiger partial charge in [0, 0.05) is 24.5 Å². The predicted molar refractivity (Wildman–Crippen MR) is 93.7 cm³/mol. The molecule has 1 N–H and O–H groups in total. The first kappa shape index (κ1) is 16.0. The fourth-order valence-electron chi connectivity index (χ4n) is 2.45. The Labute approximate surface area is 131 Å². The van der Waals surface area contributed by atoms with Gasteiger partial charge in [0.2, 0.25) is 5.95 Å². The molecule has 0 saturated carbocycles. The lowest BCUT2D eigenvalue weighted by Gasteiger charge is -2.23. The molecular formula is C16H26N4S. The van der Waals surface area contributed by atoms with E-state index in [9.17, 15) is 0 Å². The van der Waals surface area contributed by atoms with Gasteiger partial charge in [-0.2, -0.15) is 4.98 Å². The zero-order valence-electron chi connectivity index (χ0n) is 13.6. The van der Waals surface area contributed by atoms with Crippen molar-refractivity contribution in [3.63, 3.8) is 0 Å². The summed E-state index contributed by atoms with van der Waals surface area (Å²) in [6.45, 7) is 11.7. The number of anilines is 2. The molecule has 2 aromatic heterocycles. The van der Waals surface area contributed by atoms with Crippen LogP contribution in [0.2, 0.25) is 0 Å². The highest BCUT2D eigenvalue weighted by molar-refractivity contribution is 7.18. The van der Waals surface area contributed by atoms with E-state index >= 15 is 0 Å². The fraction of sp³-hybridized carbons (Fsp3) is 0.625. The molecule has 0 bridgehead atoms. The molecule has 0 amide bonds. The lowest BCUT2D eigenvalue weighted by atomic mass is 10.3. The van der Waals surface area contributed by atoms with Crippen molar-refractivity contribution < 1.29 is 0 Å². The van der Waals surface area contributed by atoms with Crippen molar-refractivity contribution in [3.8, 4) is 0 Å². The SMILES string of the molecule is CCCNc1nc(N(CCC)CCC)c2cc(C)sc2n1. The van der Waals surface area contributed by atoms with Gasteiger partial charge in [-0.3, -0.25) is 0 Å². The largest absolute Gasteiger partial charge is 0.356 e. The summed E-state index contributed by atoms with van der Waals surface area (Å²) in [4.78, 5) is 14.2. The molecule has 2 rings (SSSR count). The molecule has 0 aliphatic heterocycles. The third kappa shape index (κ3) is 3.84. The van der Waals surface area contributed by atoms with Crippen LogP contribution in [0.1, 0.15) is 44.9 Å². The number of nitrogens with zero attached hydrogens (tertiary/aromatic N) is 3. The number of aryl methyl sites for hydroxylation is 1. The molecule has 0 spiro atoms. The van der Waals surface area contributed by atoms with Crippen molar-refractivity contribution in [2.75, 3.05) is 29.9 Å². The molecule has 0 aromatic carbocycles. The van der Waals surface area contributed by atoms with Crippen LogP contribution in [0.15, 0.2) is 6.07 Å². The maximum atomic E-state index is 4.80. The van der Waals surface area contributed by atoms with E-state index in [-0.39, 0.29) is 0 Å². The second kappa shape index (κ2) is 7.59. The van der Waals surface area contributed by atoms with E-state index in [1.165, 1.54) is 10.3 Å². The summed E-state index contributed by atoms with van der Waals surface area (Å²) in [6, 6.07) is 2.22. The summed E-state index contributed by atoms with van der Waals surface area (Å²) in [5.41, 5.74) is 0. The van der Waals surface area contributed by atoms with Crippen molar-refractivity contribution in [3.05, 3.63) is 10.9 Å². The van der Waals surface area contributed by atoms with E-state index in [4.69, 9.17) is 4.98 Å². The van der Waals surface area contributed by atoms with Gasteiger partial charge < -0.3 is 10.2 Å². The van der Waals surface area contributed by atoms with Gasteiger partial charge in [-0.05, 0) is 32.3 Å². The van der Waals surface area contributed by atoms with Crippen LogP contribution >= 0.6 is 11.3 Å². The molecule has 116 valence electrons. The van der Waals surface area contributed by atoms with E-state index in [1.54, 1.807) is 11.3 Å². The van der Waals surface area contributed by atoms with Gasteiger partial charge >= 0.3 is 0 Å². The van der Waals surface area contributed by atoms with E-state index in [0.717, 1.165) is 55.5 Å². The minimum Gasteiger partial charge on any atom is -0.356 e. The van der Waals surface area contributed by atoms with E-state index < -0.39 is 0 Å². The molecule has 0 radical (unpaired) electrons. The second-order valence-electron chi connectivity index (χ2n) is 5.36. The van der Waals surface area contributed by atoms with E-state index in [0.29, 0.717) is 0 Å². The third-order valence-corrected chi connectivity index (χ3v) is 4.26. The van der Waals surface area contributed by atoms with Crippen LogP contribution in [-0.2, 0) is 0 Å². The Balaban J connectivity index is 2.46. The Morgan fingerprint density at radius 1 is 1.10 bits per heavy atom. The maximum absolute atomic E-state index is 4.80. The van der Waals surface area contributed by atoms with Crippen LogP contribution in [0, 0.1) is 6.92 Å². The number of hydrogen-bond donors (Lipinski definition) is 1. The Hall–Kier alpha value is -1.36. The summed E-state index contributed by atoms with van der Waals surface area (Å²) < 4.78 is 0. The summed E-state index contributed by atoms with van der Waals surface area (Å²) in [5.74, 6) is 1.85. The van der Waals surface area contributed by atoms with Crippen LogP contribution < -0.4 is 10.2 Å².